The summed E-state index contributed by atoms with van der Waals surface area (Å²) in [7, 11) is 3.09. The third kappa shape index (κ3) is 5.88. The average Bonchev–Trinajstić information content (AvgIpc) is 2.66. The minimum atomic E-state index is -0.374. The Hall–Kier alpha value is -3.28. The Bertz CT molecular complexity index is 842. The Labute approximate surface area is 159 Å². The fraction of sp³-hybridized carbons (Fsp3) is 0.238. The fourth-order valence-electron chi connectivity index (χ4n) is 2.44. The van der Waals surface area contributed by atoms with Crippen molar-refractivity contribution in [3.05, 3.63) is 64.9 Å². The first-order valence-corrected chi connectivity index (χ1v) is 8.48. The first-order valence-electron chi connectivity index (χ1n) is 8.48. The van der Waals surface area contributed by atoms with Crippen molar-refractivity contribution in [2.24, 2.45) is 0 Å². The first kappa shape index (κ1) is 20.0. The van der Waals surface area contributed by atoms with Crippen LogP contribution < -0.4 is 20.1 Å². The van der Waals surface area contributed by atoms with Gasteiger partial charge in [-0.25, -0.2) is 0 Å². The van der Waals surface area contributed by atoms with Gasteiger partial charge in [0.2, 0.25) is 5.91 Å². The Morgan fingerprint density at radius 1 is 1.00 bits per heavy atom. The maximum Gasteiger partial charge on any atom is 0.268 e. The predicted octanol–water partition coefficient (Wildman–Crippen LogP) is 2.81. The smallest absolute Gasteiger partial charge is 0.268 e. The highest BCUT2D eigenvalue weighted by Gasteiger charge is 2.12. The van der Waals surface area contributed by atoms with E-state index in [0.29, 0.717) is 23.6 Å². The van der Waals surface area contributed by atoms with Gasteiger partial charge < -0.3 is 20.1 Å². The van der Waals surface area contributed by atoms with Gasteiger partial charge >= 0.3 is 0 Å². The number of hydrogen-bond acceptors (Lipinski definition) is 4. The minimum absolute atomic E-state index is 0.154. The summed E-state index contributed by atoms with van der Waals surface area (Å²) in [5, 5.41) is 5.40. The van der Waals surface area contributed by atoms with E-state index >= 15 is 0 Å². The van der Waals surface area contributed by atoms with Gasteiger partial charge in [0.05, 0.1) is 14.2 Å². The van der Waals surface area contributed by atoms with Crippen molar-refractivity contribution in [2.45, 2.75) is 20.4 Å². The van der Waals surface area contributed by atoms with Crippen molar-refractivity contribution in [3.63, 3.8) is 0 Å². The van der Waals surface area contributed by atoms with Gasteiger partial charge in [-0.15, -0.1) is 0 Å². The lowest BCUT2D eigenvalue weighted by Gasteiger charge is -2.11. The molecule has 0 fully saturated rings. The molecule has 0 atom stereocenters. The number of aryl methyl sites for hydroxylation is 1. The van der Waals surface area contributed by atoms with Crippen LogP contribution in [0.15, 0.2) is 48.2 Å². The van der Waals surface area contributed by atoms with Crippen LogP contribution in [0.4, 0.5) is 0 Å². The van der Waals surface area contributed by atoms with Crippen molar-refractivity contribution in [2.75, 3.05) is 14.2 Å². The van der Waals surface area contributed by atoms with E-state index in [1.54, 1.807) is 31.4 Å². The number of carbonyl (C=O) groups is 2. The van der Waals surface area contributed by atoms with Crippen molar-refractivity contribution in [1.29, 1.82) is 0 Å². The third-order valence-electron chi connectivity index (χ3n) is 3.85. The van der Waals surface area contributed by atoms with E-state index in [2.05, 4.69) is 10.6 Å². The van der Waals surface area contributed by atoms with E-state index in [9.17, 15) is 9.59 Å². The molecule has 2 aromatic rings. The summed E-state index contributed by atoms with van der Waals surface area (Å²) in [6.45, 7) is 3.72. The molecule has 0 radical (unpaired) electrons. The summed E-state index contributed by atoms with van der Waals surface area (Å²) >= 11 is 0. The SMILES string of the molecule is COc1ccc(/C=C(\NC(C)=O)C(=O)NCc2ccc(C)cc2)cc1OC. The lowest BCUT2D eigenvalue weighted by molar-refractivity contribution is -0.122. The second-order valence-corrected chi connectivity index (χ2v) is 6.02. The molecule has 142 valence electrons. The number of carbonyl (C=O) groups excluding carboxylic acids is 2. The van der Waals surface area contributed by atoms with Gasteiger partial charge in [0.15, 0.2) is 11.5 Å². The van der Waals surface area contributed by atoms with Crippen LogP contribution in [0.5, 0.6) is 11.5 Å². The van der Waals surface area contributed by atoms with E-state index in [4.69, 9.17) is 9.47 Å². The molecule has 2 rings (SSSR count). The van der Waals surface area contributed by atoms with Gasteiger partial charge in [0.1, 0.15) is 5.70 Å². The lowest BCUT2D eigenvalue weighted by Crippen LogP contribution is -2.33. The standard InChI is InChI=1S/C21H24N2O4/c1-14-5-7-16(8-6-14)13-22-21(25)18(23-15(2)24)11-17-9-10-19(26-3)20(12-17)27-4/h5-12H,13H2,1-4H3,(H,22,25)(H,23,24)/b18-11-. The normalized spacial score (nSPS) is 10.9. The molecule has 0 bridgehead atoms. The van der Waals surface area contributed by atoms with Crippen LogP contribution >= 0.6 is 0 Å². The Balaban J connectivity index is 2.20. The molecule has 0 aromatic heterocycles. The highest BCUT2D eigenvalue weighted by atomic mass is 16.5. The van der Waals surface area contributed by atoms with Gasteiger partial charge in [-0.1, -0.05) is 35.9 Å². The molecule has 0 saturated carbocycles. The summed E-state index contributed by atoms with van der Waals surface area (Å²) in [6.07, 6.45) is 1.59. The number of ether oxygens (including phenoxy) is 2. The Morgan fingerprint density at radius 3 is 2.26 bits per heavy atom. The zero-order chi connectivity index (χ0) is 19.8. The van der Waals surface area contributed by atoms with Crippen molar-refractivity contribution in [3.8, 4) is 11.5 Å². The largest absolute Gasteiger partial charge is 0.493 e. The van der Waals surface area contributed by atoms with Gasteiger partial charge in [-0.05, 0) is 36.3 Å². The summed E-state index contributed by atoms with van der Waals surface area (Å²) in [5.74, 6) is 0.417. The lowest BCUT2D eigenvalue weighted by atomic mass is 10.1. The monoisotopic (exact) mass is 368 g/mol. The summed E-state index contributed by atoms with van der Waals surface area (Å²) in [4.78, 5) is 24.1. The summed E-state index contributed by atoms with van der Waals surface area (Å²) in [5.41, 5.74) is 2.98. The molecule has 27 heavy (non-hydrogen) atoms. The highest BCUT2D eigenvalue weighted by molar-refractivity contribution is 6.00. The number of amides is 2. The average molecular weight is 368 g/mol. The van der Waals surface area contributed by atoms with Crippen molar-refractivity contribution >= 4 is 17.9 Å². The van der Waals surface area contributed by atoms with Gasteiger partial charge in [0.25, 0.3) is 5.91 Å². The maximum absolute atomic E-state index is 12.6. The summed E-state index contributed by atoms with van der Waals surface area (Å²) < 4.78 is 10.5. The zero-order valence-electron chi connectivity index (χ0n) is 16.0. The van der Waals surface area contributed by atoms with E-state index in [1.165, 1.54) is 14.0 Å². The Kier molecular flexibility index (Phi) is 7.00. The second-order valence-electron chi connectivity index (χ2n) is 6.02. The molecular formula is C21H24N2O4. The van der Waals surface area contributed by atoms with Gasteiger partial charge in [-0.2, -0.15) is 0 Å². The van der Waals surface area contributed by atoms with E-state index < -0.39 is 0 Å². The van der Waals surface area contributed by atoms with E-state index in [0.717, 1.165) is 11.1 Å². The molecule has 0 aliphatic rings. The number of rotatable bonds is 7. The molecule has 0 aliphatic heterocycles. The maximum atomic E-state index is 12.6. The van der Waals surface area contributed by atoms with Crippen LogP contribution in [0.1, 0.15) is 23.6 Å². The number of benzene rings is 2. The van der Waals surface area contributed by atoms with Gasteiger partial charge in [0, 0.05) is 13.5 Å². The molecule has 2 N–H and O–H groups in total. The van der Waals surface area contributed by atoms with Crippen LogP contribution in [0.2, 0.25) is 0 Å². The predicted molar refractivity (Wildman–Crippen MR) is 104 cm³/mol. The molecule has 0 saturated heterocycles. The molecule has 0 heterocycles. The van der Waals surface area contributed by atoms with Crippen LogP contribution in [0.3, 0.4) is 0 Å². The molecule has 6 heteroatoms. The van der Waals surface area contributed by atoms with E-state index in [1.807, 2.05) is 31.2 Å². The first-order chi connectivity index (χ1) is 12.9. The molecule has 0 aliphatic carbocycles. The van der Waals surface area contributed by atoms with Crippen LogP contribution in [-0.2, 0) is 16.1 Å². The molecule has 0 unspecified atom stereocenters. The van der Waals surface area contributed by atoms with Crippen molar-refractivity contribution in [1.82, 2.24) is 10.6 Å². The molecule has 2 amide bonds. The highest BCUT2D eigenvalue weighted by Crippen LogP contribution is 2.28. The number of methoxy groups -OCH3 is 2. The minimum Gasteiger partial charge on any atom is -0.493 e. The van der Waals surface area contributed by atoms with Gasteiger partial charge in [-0.3, -0.25) is 9.59 Å². The van der Waals surface area contributed by atoms with E-state index in [-0.39, 0.29) is 17.5 Å². The quantitative estimate of drug-likeness (QED) is 0.737. The van der Waals surface area contributed by atoms with Crippen molar-refractivity contribution < 1.29 is 19.1 Å². The van der Waals surface area contributed by atoms with Crippen LogP contribution in [0, 0.1) is 6.92 Å². The van der Waals surface area contributed by atoms with Crippen LogP contribution in [0.25, 0.3) is 6.08 Å². The Morgan fingerprint density at radius 2 is 1.67 bits per heavy atom. The number of hydrogen-bond donors (Lipinski definition) is 2. The molecular weight excluding hydrogens is 344 g/mol. The molecule has 0 spiro atoms. The fourth-order valence-corrected chi connectivity index (χ4v) is 2.44. The van der Waals surface area contributed by atoms with Crippen LogP contribution in [-0.4, -0.2) is 26.0 Å². The third-order valence-corrected chi connectivity index (χ3v) is 3.85. The second kappa shape index (κ2) is 9.43. The molecule has 6 nitrogen and oxygen atoms in total. The zero-order valence-corrected chi connectivity index (χ0v) is 16.0. The summed E-state index contributed by atoms with van der Waals surface area (Å²) in [6, 6.07) is 13.1. The topological polar surface area (TPSA) is 76.7 Å². The molecule has 2 aromatic carbocycles. The number of nitrogens with one attached hydrogen (secondary N) is 2.